The predicted octanol–water partition coefficient (Wildman–Crippen LogP) is 2.72. The van der Waals surface area contributed by atoms with Gasteiger partial charge in [-0.3, -0.25) is 13.9 Å². The molecule has 1 N–H and O–H groups in total. The van der Waals surface area contributed by atoms with Crippen LogP contribution in [0, 0.1) is 0 Å². The number of nitrogens with one attached hydrogen (secondary N) is 1. The number of aryl methyl sites for hydroxylation is 2. The molecule has 26 heavy (non-hydrogen) atoms. The first-order chi connectivity index (χ1) is 12.5. The first-order valence-electron chi connectivity index (χ1n) is 8.68. The van der Waals surface area contributed by atoms with Crippen molar-refractivity contribution in [2.75, 3.05) is 6.61 Å². The topological polar surface area (TPSA) is 65.3 Å². The summed E-state index contributed by atoms with van der Waals surface area (Å²) < 4.78 is 8.91. The Morgan fingerprint density at radius 2 is 2.04 bits per heavy atom. The molecule has 1 aliphatic rings. The number of nitrogens with zero attached hydrogens (tertiary/aromatic N) is 2. The normalized spacial score (nSPS) is 17.1. The van der Waals surface area contributed by atoms with Crippen LogP contribution < -0.4 is 11.0 Å². The standard InChI is InChI=1S/C19H21N3O3S/c1-21-13-6-5-12(10-14(13)22(2)19(21)24)11-20-18(23)17-8-7-16(26-17)15-4-3-9-25-15/h5-8,10,15H,3-4,9,11H2,1-2H3,(H,20,23). The maximum atomic E-state index is 12.4. The van der Waals surface area contributed by atoms with Crippen molar-refractivity contribution >= 4 is 28.3 Å². The van der Waals surface area contributed by atoms with Crippen molar-refractivity contribution in [3.05, 3.63) is 56.1 Å². The van der Waals surface area contributed by atoms with Gasteiger partial charge in [-0.05, 0) is 42.7 Å². The predicted molar refractivity (Wildman–Crippen MR) is 102 cm³/mol. The molecule has 2 aromatic heterocycles. The molecular weight excluding hydrogens is 350 g/mol. The minimum Gasteiger partial charge on any atom is -0.373 e. The van der Waals surface area contributed by atoms with E-state index in [1.165, 1.54) is 11.3 Å². The Kier molecular flexibility index (Phi) is 4.42. The van der Waals surface area contributed by atoms with Gasteiger partial charge in [0.05, 0.1) is 22.0 Å². The van der Waals surface area contributed by atoms with E-state index in [2.05, 4.69) is 5.32 Å². The van der Waals surface area contributed by atoms with Crippen LogP contribution in [-0.2, 0) is 25.4 Å². The summed E-state index contributed by atoms with van der Waals surface area (Å²) in [4.78, 5) is 26.3. The molecule has 0 aliphatic carbocycles. The molecule has 1 fully saturated rings. The van der Waals surface area contributed by atoms with E-state index in [9.17, 15) is 9.59 Å². The van der Waals surface area contributed by atoms with Crippen LogP contribution in [0.3, 0.4) is 0 Å². The molecule has 7 heteroatoms. The van der Waals surface area contributed by atoms with E-state index in [-0.39, 0.29) is 17.7 Å². The molecule has 1 aliphatic heterocycles. The number of hydrogen-bond acceptors (Lipinski definition) is 4. The second-order valence-corrected chi connectivity index (χ2v) is 7.73. The van der Waals surface area contributed by atoms with Crippen molar-refractivity contribution in [3.8, 4) is 0 Å². The molecular formula is C19H21N3O3S. The summed E-state index contributed by atoms with van der Waals surface area (Å²) in [7, 11) is 3.51. The minimum absolute atomic E-state index is 0.0542. The van der Waals surface area contributed by atoms with Crippen LogP contribution in [0.4, 0.5) is 0 Å². The third-order valence-electron chi connectivity index (χ3n) is 4.89. The van der Waals surface area contributed by atoms with Crippen molar-refractivity contribution in [2.24, 2.45) is 14.1 Å². The van der Waals surface area contributed by atoms with Crippen molar-refractivity contribution in [3.63, 3.8) is 0 Å². The maximum Gasteiger partial charge on any atom is 0.328 e. The fraction of sp³-hybridized carbons (Fsp3) is 0.368. The molecule has 6 nitrogen and oxygen atoms in total. The fourth-order valence-corrected chi connectivity index (χ4v) is 4.39. The molecule has 3 heterocycles. The number of carbonyl (C=O) groups excluding carboxylic acids is 1. The molecule has 1 amide bonds. The number of hydrogen-bond donors (Lipinski definition) is 1. The average molecular weight is 371 g/mol. The zero-order valence-corrected chi connectivity index (χ0v) is 15.6. The molecule has 0 saturated carbocycles. The number of amides is 1. The molecule has 136 valence electrons. The summed E-state index contributed by atoms with van der Waals surface area (Å²) in [5.41, 5.74) is 2.65. The van der Waals surface area contributed by atoms with Crippen molar-refractivity contribution in [2.45, 2.75) is 25.5 Å². The lowest BCUT2D eigenvalue weighted by atomic mass is 10.2. The molecule has 1 aromatic carbocycles. The highest BCUT2D eigenvalue weighted by Crippen LogP contribution is 2.33. The van der Waals surface area contributed by atoms with Gasteiger partial charge in [0.1, 0.15) is 0 Å². The van der Waals surface area contributed by atoms with Crippen molar-refractivity contribution in [1.29, 1.82) is 0 Å². The van der Waals surface area contributed by atoms with Gasteiger partial charge < -0.3 is 10.1 Å². The lowest BCUT2D eigenvalue weighted by molar-refractivity contribution is 0.0955. The minimum atomic E-state index is -0.0821. The first-order valence-corrected chi connectivity index (χ1v) is 9.50. The summed E-state index contributed by atoms with van der Waals surface area (Å²) in [6.45, 7) is 1.22. The number of imidazole rings is 1. The lowest BCUT2D eigenvalue weighted by Gasteiger charge is -2.06. The van der Waals surface area contributed by atoms with Gasteiger partial charge in [-0.1, -0.05) is 6.07 Å². The van der Waals surface area contributed by atoms with Crippen LogP contribution in [0.1, 0.15) is 39.1 Å². The zero-order chi connectivity index (χ0) is 18.3. The van der Waals surface area contributed by atoms with Gasteiger partial charge in [0.2, 0.25) is 0 Å². The molecule has 4 rings (SSSR count). The lowest BCUT2D eigenvalue weighted by Crippen LogP contribution is -2.21. The molecule has 0 bridgehead atoms. The fourth-order valence-electron chi connectivity index (χ4n) is 3.38. The largest absolute Gasteiger partial charge is 0.373 e. The molecule has 1 unspecified atom stereocenters. The second-order valence-electron chi connectivity index (χ2n) is 6.61. The van der Waals surface area contributed by atoms with Crippen LogP contribution in [0.25, 0.3) is 11.0 Å². The number of rotatable bonds is 4. The van der Waals surface area contributed by atoms with Crippen molar-refractivity contribution < 1.29 is 9.53 Å². The Labute approximate surface area is 155 Å². The van der Waals surface area contributed by atoms with Crippen LogP contribution in [0.2, 0.25) is 0 Å². The number of aromatic nitrogens is 2. The summed E-state index contributed by atoms with van der Waals surface area (Å²) >= 11 is 1.50. The van der Waals surface area contributed by atoms with E-state index < -0.39 is 0 Å². The van der Waals surface area contributed by atoms with E-state index in [1.807, 2.05) is 30.3 Å². The SMILES string of the molecule is Cn1c(=O)n(C)c2cc(CNC(=O)c3ccc(C4CCCO4)s3)ccc21. The first kappa shape index (κ1) is 17.1. The molecule has 1 atom stereocenters. The molecule has 0 radical (unpaired) electrons. The van der Waals surface area contributed by atoms with E-state index >= 15 is 0 Å². The quantitative estimate of drug-likeness (QED) is 0.767. The van der Waals surface area contributed by atoms with Gasteiger partial charge in [0, 0.05) is 32.1 Å². The van der Waals surface area contributed by atoms with E-state index in [1.54, 1.807) is 23.2 Å². The Bertz CT molecular complexity index is 1020. The average Bonchev–Trinajstić information content (AvgIpc) is 3.38. The van der Waals surface area contributed by atoms with Crippen LogP contribution in [0.15, 0.2) is 35.1 Å². The van der Waals surface area contributed by atoms with Crippen molar-refractivity contribution in [1.82, 2.24) is 14.5 Å². The third-order valence-corrected chi connectivity index (χ3v) is 6.06. The van der Waals surface area contributed by atoms with Gasteiger partial charge in [-0.15, -0.1) is 11.3 Å². The number of benzene rings is 1. The Balaban J connectivity index is 1.46. The summed E-state index contributed by atoms with van der Waals surface area (Å²) in [6, 6.07) is 9.65. The number of thiophene rings is 1. The Hall–Kier alpha value is -2.38. The van der Waals surface area contributed by atoms with Gasteiger partial charge in [-0.2, -0.15) is 0 Å². The van der Waals surface area contributed by atoms with Gasteiger partial charge >= 0.3 is 5.69 Å². The zero-order valence-electron chi connectivity index (χ0n) is 14.8. The Morgan fingerprint density at radius 3 is 2.81 bits per heavy atom. The third kappa shape index (κ3) is 2.97. The van der Waals surface area contributed by atoms with Crippen LogP contribution in [-0.4, -0.2) is 21.6 Å². The van der Waals surface area contributed by atoms with Crippen LogP contribution >= 0.6 is 11.3 Å². The van der Waals surface area contributed by atoms with E-state index in [4.69, 9.17) is 4.74 Å². The van der Waals surface area contributed by atoms with Gasteiger partial charge in [0.15, 0.2) is 0 Å². The summed E-state index contributed by atoms with van der Waals surface area (Å²) in [5, 5.41) is 2.96. The number of fused-ring (bicyclic) bond motifs is 1. The summed E-state index contributed by atoms with van der Waals surface area (Å²) in [5.74, 6) is -0.0821. The summed E-state index contributed by atoms with van der Waals surface area (Å²) in [6.07, 6.45) is 2.25. The van der Waals surface area contributed by atoms with Gasteiger partial charge in [0.25, 0.3) is 5.91 Å². The van der Waals surface area contributed by atoms with E-state index in [0.717, 1.165) is 40.9 Å². The Morgan fingerprint density at radius 1 is 1.23 bits per heavy atom. The van der Waals surface area contributed by atoms with E-state index in [0.29, 0.717) is 11.4 Å². The second kappa shape index (κ2) is 6.74. The van der Waals surface area contributed by atoms with Crippen LogP contribution in [0.5, 0.6) is 0 Å². The maximum absolute atomic E-state index is 12.4. The highest BCUT2D eigenvalue weighted by Gasteiger charge is 2.20. The monoisotopic (exact) mass is 371 g/mol. The van der Waals surface area contributed by atoms with Gasteiger partial charge in [-0.25, -0.2) is 4.79 Å². The molecule has 1 saturated heterocycles. The number of ether oxygens (including phenoxy) is 1. The molecule has 0 spiro atoms. The smallest absolute Gasteiger partial charge is 0.328 e. The number of carbonyl (C=O) groups is 1. The highest BCUT2D eigenvalue weighted by atomic mass is 32.1. The molecule has 3 aromatic rings. The highest BCUT2D eigenvalue weighted by molar-refractivity contribution is 7.14.